The molecule has 122 valence electrons. The highest BCUT2D eigenvalue weighted by molar-refractivity contribution is 5.93. The van der Waals surface area contributed by atoms with Crippen molar-refractivity contribution in [3.63, 3.8) is 0 Å². The molecule has 0 unspecified atom stereocenters. The first kappa shape index (κ1) is 16.9. The van der Waals surface area contributed by atoms with Crippen LogP contribution in [0, 0.1) is 0 Å². The first-order chi connectivity index (χ1) is 11.0. The first-order valence-electron chi connectivity index (χ1n) is 7.91. The molecule has 1 amide bonds. The van der Waals surface area contributed by atoms with Crippen LogP contribution in [0.25, 0.3) is 0 Å². The molecular weight excluding hydrogens is 288 g/mol. The van der Waals surface area contributed by atoms with Crippen molar-refractivity contribution in [3.8, 4) is 0 Å². The molecule has 0 fully saturated rings. The molecule has 1 N–H and O–H groups in total. The number of hydrogen-bond donors (Lipinski definition) is 1. The summed E-state index contributed by atoms with van der Waals surface area (Å²) in [6.07, 6.45) is 1.43. The van der Waals surface area contributed by atoms with E-state index < -0.39 is 0 Å². The minimum Gasteiger partial charge on any atom is -0.368 e. The Labute approximate surface area is 137 Å². The molecule has 1 heterocycles. The van der Waals surface area contributed by atoms with Crippen LogP contribution in [-0.2, 0) is 6.54 Å². The molecule has 0 bridgehead atoms. The molecule has 23 heavy (non-hydrogen) atoms. The standard InChI is InChI=1S/C18H24N4O/c1-13(2)21-17-10-16(19-12-20-17)18(23)22(14(3)4)11-15-8-6-5-7-9-15/h5-10,12-14H,11H2,1-4H3,(H,19,20,21). The van der Waals surface area contributed by atoms with Gasteiger partial charge in [-0.1, -0.05) is 30.3 Å². The lowest BCUT2D eigenvalue weighted by Crippen LogP contribution is -2.37. The van der Waals surface area contributed by atoms with E-state index in [1.807, 2.05) is 62.9 Å². The minimum absolute atomic E-state index is 0.0826. The summed E-state index contributed by atoms with van der Waals surface area (Å²) in [6.45, 7) is 8.64. The second-order valence-corrected chi connectivity index (χ2v) is 6.10. The van der Waals surface area contributed by atoms with Crippen LogP contribution in [0.1, 0.15) is 43.7 Å². The van der Waals surface area contributed by atoms with E-state index in [1.54, 1.807) is 6.07 Å². The number of hydrogen-bond acceptors (Lipinski definition) is 4. The third kappa shape index (κ3) is 4.77. The maximum atomic E-state index is 12.8. The van der Waals surface area contributed by atoms with Crippen LogP contribution < -0.4 is 5.32 Å². The quantitative estimate of drug-likeness (QED) is 0.888. The van der Waals surface area contributed by atoms with Gasteiger partial charge in [-0.05, 0) is 33.3 Å². The maximum Gasteiger partial charge on any atom is 0.273 e. The Bertz CT molecular complexity index is 640. The van der Waals surface area contributed by atoms with Gasteiger partial charge in [-0.2, -0.15) is 0 Å². The van der Waals surface area contributed by atoms with Gasteiger partial charge >= 0.3 is 0 Å². The Morgan fingerprint density at radius 3 is 2.43 bits per heavy atom. The van der Waals surface area contributed by atoms with Crippen molar-refractivity contribution in [1.82, 2.24) is 14.9 Å². The van der Waals surface area contributed by atoms with Crippen LogP contribution in [0.15, 0.2) is 42.7 Å². The molecule has 0 aliphatic carbocycles. The number of anilines is 1. The molecule has 0 saturated carbocycles. The Morgan fingerprint density at radius 2 is 1.83 bits per heavy atom. The van der Waals surface area contributed by atoms with Crippen molar-refractivity contribution in [2.45, 2.75) is 46.3 Å². The van der Waals surface area contributed by atoms with E-state index in [4.69, 9.17) is 0 Å². The molecule has 0 spiro atoms. The highest BCUT2D eigenvalue weighted by Crippen LogP contribution is 2.14. The smallest absolute Gasteiger partial charge is 0.273 e. The van der Waals surface area contributed by atoms with Crippen LogP contribution in [0.3, 0.4) is 0 Å². The molecule has 0 aliphatic heterocycles. The molecule has 5 nitrogen and oxygen atoms in total. The van der Waals surface area contributed by atoms with Gasteiger partial charge in [0.2, 0.25) is 0 Å². The summed E-state index contributed by atoms with van der Waals surface area (Å²) in [5, 5.41) is 3.20. The van der Waals surface area contributed by atoms with Gasteiger partial charge in [0, 0.05) is 24.7 Å². The van der Waals surface area contributed by atoms with E-state index in [0.717, 1.165) is 5.56 Å². The Kier molecular flexibility index (Phi) is 5.68. The van der Waals surface area contributed by atoms with Gasteiger partial charge in [-0.3, -0.25) is 4.79 Å². The van der Waals surface area contributed by atoms with Gasteiger partial charge in [0.05, 0.1) is 0 Å². The molecular formula is C18H24N4O. The third-order valence-corrected chi connectivity index (χ3v) is 3.40. The normalized spacial score (nSPS) is 10.9. The number of carbonyl (C=O) groups is 1. The fourth-order valence-corrected chi connectivity index (χ4v) is 2.27. The summed E-state index contributed by atoms with van der Waals surface area (Å²) in [5.41, 5.74) is 1.51. The van der Waals surface area contributed by atoms with Crippen LogP contribution >= 0.6 is 0 Å². The zero-order valence-corrected chi connectivity index (χ0v) is 14.2. The molecule has 5 heteroatoms. The number of nitrogens with one attached hydrogen (secondary N) is 1. The van der Waals surface area contributed by atoms with E-state index >= 15 is 0 Å². The summed E-state index contributed by atoms with van der Waals surface area (Å²) < 4.78 is 0. The molecule has 0 saturated heterocycles. The average molecular weight is 312 g/mol. The predicted molar refractivity (Wildman–Crippen MR) is 92.2 cm³/mol. The minimum atomic E-state index is -0.0851. The largest absolute Gasteiger partial charge is 0.368 e. The van der Waals surface area contributed by atoms with E-state index in [2.05, 4.69) is 15.3 Å². The third-order valence-electron chi connectivity index (χ3n) is 3.40. The van der Waals surface area contributed by atoms with Gasteiger partial charge in [0.15, 0.2) is 0 Å². The lowest BCUT2D eigenvalue weighted by molar-refractivity contribution is 0.0684. The van der Waals surface area contributed by atoms with E-state index in [-0.39, 0.29) is 18.0 Å². The average Bonchev–Trinajstić information content (AvgIpc) is 2.52. The van der Waals surface area contributed by atoms with Gasteiger partial charge in [-0.25, -0.2) is 9.97 Å². The molecule has 2 aromatic rings. The van der Waals surface area contributed by atoms with Crippen LogP contribution in [-0.4, -0.2) is 32.9 Å². The fourth-order valence-electron chi connectivity index (χ4n) is 2.27. The van der Waals surface area contributed by atoms with Crippen molar-refractivity contribution in [1.29, 1.82) is 0 Å². The summed E-state index contributed by atoms with van der Waals surface area (Å²) in [6, 6.07) is 12.0. The van der Waals surface area contributed by atoms with Crippen LogP contribution in [0.5, 0.6) is 0 Å². The summed E-state index contributed by atoms with van der Waals surface area (Å²) in [7, 11) is 0. The molecule has 2 rings (SSSR count). The summed E-state index contributed by atoms with van der Waals surface area (Å²) in [5.74, 6) is 0.583. The highest BCUT2D eigenvalue weighted by atomic mass is 16.2. The second-order valence-electron chi connectivity index (χ2n) is 6.10. The topological polar surface area (TPSA) is 58.1 Å². The Morgan fingerprint density at radius 1 is 1.13 bits per heavy atom. The number of aromatic nitrogens is 2. The van der Waals surface area contributed by atoms with Crippen molar-refractivity contribution in [2.24, 2.45) is 0 Å². The first-order valence-corrected chi connectivity index (χ1v) is 7.91. The second kappa shape index (κ2) is 7.72. The number of rotatable bonds is 6. The number of nitrogens with zero attached hydrogens (tertiary/aromatic N) is 3. The number of amides is 1. The zero-order valence-electron chi connectivity index (χ0n) is 14.2. The maximum absolute atomic E-state index is 12.8. The Balaban J connectivity index is 2.21. The van der Waals surface area contributed by atoms with Gasteiger partial charge < -0.3 is 10.2 Å². The lowest BCUT2D eigenvalue weighted by atomic mass is 10.1. The molecule has 0 atom stereocenters. The van der Waals surface area contributed by atoms with Crippen molar-refractivity contribution in [2.75, 3.05) is 5.32 Å². The van der Waals surface area contributed by atoms with E-state index in [1.165, 1.54) is 6.33 Å². The van der Waals surface area contributed by atoms with E-state index in [0.29, 0.717) is 18.1 Å². The van der Waals surface area contributed by atoms with E-state index in [9.17, 15) is 4.79 Å². The highest BCUT2D eigenvalue weighted by Gasteiger charge is 2.20. The van der Waals surface area contributed by atoms with Crippen molar-refractivity contribution < 1.29 is 4.79 Å². The number of carbonyl (C=O) groups excluding carboxylic acids is 1. The van der Waals surface area contributed by atoms with Gasteiger partial charge in [0.25, 0.3) is 5.91 Å². The molecule has 0 radical (unpaired) electrons. The predicted octanol–water partition coefficient (Wildman–Crippen LogP) is 3.35. The lowest BCUT2D eigenvalue weighted by Gasteiger charge is -2.26. The number of benzene rings is 1. The van der Waals surface area contributed by atoms with Gasteiger partial charge in [0.1, 0.15) is 17.8 Å². The van der Waals surface area contributed by atoms with Crippen LogP contribution in [0.2, 0.25) is 0 Å². The van der Waals surface area contributed by atoms with Gasteiger partial charge in [-0.15, -0.1) is 0 Å². The van der Waals surface area contributed by atoms with Crippen LogP contribution in [0.4, 0.5) is 5.82 Å². The monoisotopic (exact) mass is 312 g/mol. The van der Waals surface area contributed by atoms with Crippen molar-refractivity contribution >= 4 is 11.7 Å². The molecule has 0 aliphatic rings. The summed E-state index contributed by atoms with van der Waals surface area (Å²) >= 11 is 0. The SMILES string of the molecule is CC(C)Nc1cc(C(=O)N(Cc2ccccc2)C(C)C)ncn1. The fraction of sp³-hybridized carbons (Fsp3) is 0.389. The molecule has 1 aromatic heterocycles. The molecule has 1 aromatic carbocycles. The zero-order chi connectivity index (χ0) is 16.8. The summed E-state index contributed by atoms with van der Waals surface area (Å²) in [4.78, 5) is 23.0. The Hall–Kier alpha value is -2.43. The van der Waals surface area contributed by atoms with Crippen molar-refractivity contribution in [3.05, 3.63) is 54.0 Å².